The predicted molar refractivity (Wildman–Crippen MR) is 182 cm³/mol. The Hall–Kier alpha value is -4.30. The standard InChI is InChI=1S/C34H40N8.C2H6/c1-6-7-29(42-16-14-41(5)15-17-42)30-23(2)37-33(38-30)31-28-19-27(22-36-32(28)40-39-31)26-18-25(20-35-21-26)9-8-24-10-12-34(3,4)13-11-24;1-2/h6-7,10-12,18-22H,1,8-9,13-17H2,2-5H3,(H,37,38)(H,36,39,40);1-2H3/b29-7+;. The summed E-state index contributed by atoms with van der Waals surface area (Å²) in [5.74, 6) is 0.747. The smallest absolute Gasteiger partial charge is 0.181 e. The highest BCUT2D eigenvalue weighted by Gasteiger charge is 2.23. The molecule has 0 aromatic carbocycles. The van der Waals surface area contributed by atoms with Gasteiger partial charge in [-0.1, -0.05) is 64.2 Å². The Labute approximate surface area is 261 Å². The van der Waals surface area contributed by atoms with Crippen LogP contribution >= 0.6 is 0 Å². The van der Waals surface area contributed by atoms with Crippen molar-refractivity contribution in [2.75, 3.05) is 33.2 Å². The molecule has 44 heavy (non-hydrogen) atoms. The molecule has 8 heteroatoms. The SMILES string of the molecule is C=C/C=C(\c1nc(-c2[nH]nc3ncc(-c4cncc(CCC5=CCC(C)(C)C=C5)c4)cc23)[nH]c1C)N1CCN(C)CC1.CC. The number of piperazine rings is 1. The third-order valence-electron chi connectivity index (χ3n) is 8.36. The number of allylic oxidation sites excluding steroid dienone is 6. The van der Waals surface area contributed by atoms with Gasteiger partial charge >= 0.3 is 0 Å². The Morgan fingerprint density at radius 3 is 2.55 bits per heavy atom. The number of likely N-dealkylation sites (N-methyl/N-ethyl adjacent to an activating group) is 1. The summed E-state index contributed by atoms with van der Waals surface area (Å²) in [6, 6.07) is 4.36. The summed E-state index contributed by atoms with van der Waals surface area (Å²) >= 11 is 0. The molecule has 0 radical (unpaired) electrons. The van der Waals surface area contributed by atoms with Crippen molar-refractivity contribution in [3.05, 3.63) is 90.2 Å². The zero-order valence-corrected chi connectivity index (χ0v) is 27.1. The number of hydrogen-bond donors (Lipinski definition) is 2. The Morgan fingerprint density at radius 2 is 1.82 bits per heavy atom. The Bertz CT molecular complexity index is 1690. The van der Waals surface area contributed by atoms with Crippen molar-refractivity contribution in [3.8, 4) is 22.6 Å². The summed E-state index contributed by atoms with van der Waals surface area (Å²) in [6.07, 6.45) is 19.7. The van der Waals surface area contributed by atoms with Gasteiger partial charge in [0.15, 0.2) is 11.5 Å². The summed E-state index contributed by atoms with van der Waals surface area (Å²) in [4.78, 5) is 22.5. The number of aromatic nitrogens is 6. The molecule has 0 amide bonds. The highest BCUT2D eigenvalue weighted by atomic mass is 15.3. The average molecular weight is 591 g/mol. The minimum atomic E-state index is 0.258. The molecule has 1 saturated heterocycles. The highest BCUT2D eigenvalue weighted by Crippen LogP contribution is 2.32. The Kier molecular flexibility index (Phi) is 9.59. The van der Waals surface area contributed by atoms with Crippen LogP contribution in [0.1, 0.15) is 57.5 Å². The Balaban J connectivity index is 0.00000188. The van der Waals surface area contributed by atoms with E-state index in [4.69, 9.17) is 4.98 Å². The van der Waals surface area contributed by atoms with E-state index < -0.39 is 0 Å². The number of aromatic amines is 2. The molecule has 5 heterocycles. The lowest BCUT2D eigenvalue weighted by Gasteiger charge is -2.35. The van der Waals surface area contributed by atoms with Gasteiger partial charge in [-0.25, -0.2) is 9.97 Å². The lowest BCUT2D eigenvalue weighted by Crippen LogP contribution is -2.43. The van der Waals surface area contributed by atoms with Gasteiger partial charge in [-0.05, 0) is 62.4 Å². The quantitative estimate of drug-likeness (QED) is 0.208. The molecular weight excluding hydrogens is 544 g/mol. The number of imidazole rings is 1. The summed E-state index contributed by atoms with van der Waals surface area (Å²) in [6.45, 7) is 18.5. The number of pyridine rings is 2. The maximum atomic E-state index is 5.06. The normalized spacial score (nSPS) is 16.9. The van der Waals surface area contributed by atoms with Gasteiger partial charge in [-0.3, -0.25) is 10.1 Å². The molecule has 0 saturated carbocycles. The summed E-state index contributed by atoms with van der Waals surface area (Å²) in [7, 11) is 2.16. The molecule has 1 aliphatic carbocycles. The van der Waals surface area contributed by atoms with Crippen molar-refractivity contribution >= 4 is 16.7 Å². The third-order valence-corrected chi connectivity index (χ3v) is 8.36. The zero-order valence-electron chi connectivity index (χ0n) is 27.1. The third kappa shape index (κ3) is 6.91. The number of H-pyrrole nitrogens is 2. The van der Waals surface area contributed by atoms with Crippen LogP contribution in [0.25, 0.3) is 39.4 Å². The van der Waals surface area contributed by atoms with E-state index in [1.807, 2.05) is 38.5 Å². The van der Waals surface area contributed by atoms with Crippen molar-refractivity contribution in [3.63, 3.8) is 0 Å². The van der Waals surface area contributed by atoms with Crippen molar-refractivity contribution in [2.45, 2.75) is 53.9 Å². The molecule has 0 spiro atoms. The second kappa shape index (κ2) is 13.6. The molecule has 2 aliphatic rings. The zero-order chi connectivity index (χ0) is 31.3. The molecule has 1 aliphatic heterocycles. The van der Waals surface area contributed by atoms with Crippen LogP contribution in [-0.2, 0) is 6.42 Å². The van der Waals surface area contributed by atoms with E-state index in [1.54, 1.807) is 0 Å². The molecule has 4 aromatic rings. The van der Waals surface area contributed by atoms with Gasteiger partial charge < -0.3 is 14.8 Å². The van der Waals surface area contributed by atoms with Crippen LogP contribution in [0.2, 0.25) is 0 Å². The number of aryl methyl sites for hydroxylation is 2. The first-order chi connectivity index (χ1) is 21.3. The molecule has 1 fully saturated rings. The fourth-order valence-electron chi connectivity index (χ4n) is 5.68. The van der Waals surface area contributed by atoms with Crippen LogP contribution in [-0.4, -0.2) is 73.2 Å². The van der Waals surface area contributed by atoms with Gasteiger partial charge in [-0.15, -0.1) is 0 Å². The topological polar surface area (TPSA) is 89.6 Å². The van der Waals surface area contributed by atoms with Gasteiger partial charge in [0.25, 0.3) is 0 Å². The molecule has 8 nitrogen and oxygen atoms in total. The molecule has 4 aromatic heterocycles. The minimum Gasteiger partial charge on any atom is -0.367 e. The first-order valence-corrected chi connectivity index (χ1v) is 15.8. The van der Waals surface area contributed by atoms with Crippen LogP contribution in [0, 0.1) is 12.3 Å². The van der Waals surface area contributed by atoms with Gasteiger partial charge in [0, 0.05) is 61.6 Å². The van der Waals surface area contributed by atoms with Gasteiger partial charge in [0.05, 0.1) is 11.1 Å². The van der Waals surface area contributed by atoms with E-state index >= 15 is 0 Å². The van der Waals surface area contributed by atoms with E-state index in [2.05, 4.69) is 106 Å². The molecular formula is C36H46N8. The summed E-state index contributed by atoms with van der Waals surface area (Å²) < 4.78 is 0. The number of rotatable bonds is 8. The van der Waals surface area contributed by atoms with E-state index in [0.29, 0.717) is 5.65 Å². The maximum Gasteiger partial charge on any atom is 0.181 e. The van der Waals surface area contributed by atoms with Crippen LogP contribution < -0.4 is 0 Å². The largest absolute Gasteiger partial charge is 0.367 e. The summed E-state index contributed by atoms with van der Waals surface area (Å²) in [5.41, 5.74) is 9.45. The molecule has 230 valence electrons. The minimum absolute atomic E-state index is 0.258. The number of hydrogen-bond acceptors (Lipinski definition) is 6. The second-order valence-corrected chi connectivity index (χ2v) is 12.2. The van der Waals surface area contributed by atoms with E-state index in [-0.39, 0.29) is 5.41 Å². The predicted octanol–water partition coefficient (Wildman–Crippen LogP) is 7.36. The van der Waals surface area contributed by atoms with Crippen molar-refractivity contribution in [1.29, 1.82) is 0 Å². The van der Waals surface area contributed by atoms with E-state index in [1.165, 1.54) is 11.1 Å². The van der Waals surface area contributed by atoms with Gasteiger partial charge in [-0.2, -0.15) is 5.10 Å². The lowest BCUT2D eigenvalue weighted by atomic mass is 9.83. The van der Waals surface area contributed by atoms with Gasteiger partial charge in [0.2, 0.25) is 0 Å². The van der Waals surface area contributed by atoms with Crippen molar-refractivity contribution < 1.29 is 0 Å². The molecule has 6 rings (SSSR count). The van der Waals surface area contributed by atoms with Crippen LogP contribution in [0.3, 0.4) is 0 Å². The fourth-order valence-corrected chi connectivity index (χ4v) is 5.68. The first kappa shape index (κ1) is 31.1. The lowest BCUT2D eigenvalue weighted by molar-refractivity contribution is 0.207. The molecule has 0 bridgehead atoms. The second-order valence-electron chi connectivity index (χ2n) is 12.2. The molecule has 0 atom stereocenters. The van der Waals surface area contributed by atoms with Crippen molar-refractivity contribution in [1.82, 2.24) is 39.9 Å². The average Bonchev–Trinajstić information content (AvgIpc) is 3.63. The molecule has 2 N–H and O–H groups in total. The monoisotopic (exact) mass is 590 g/mol. The van der Waals surface area contributed by atoms with Crippen LogP contribution in [0.4, 0.5) is 0 Å². The number of fused-ring (bicyclic) bond motifs is 1. The maximum absolute atomic E-state index is 5.06. The van der Waals surface area contributed by atoms with Gasteiger partial charge in [0.1, 0.15) is 11.4 Å². The fraction of sp³-hybridized carbons (Fsp3) is 0.389. The van der Waals surface area contributed by atoms with Crippen LogP contribution in [0.5, 0.6) is 0 Å². The highest BCUT2D eigenvalue weighted by molar-refractivity contribution is 5.92. The van der Waals surface area contributed by atoms with E-state index in [9.17, 15) is 0 Å². The number of nitrogens with one attached hydrogen (secondary N) is 2. The first-order valence-electron chi connectivity index (χ1n) is 15.8. The Morgan fingerprint density at radius 1 is 1.05 bits per heavy atom. The molecule has 0 unspecified atom stereocenters. The number of nitrogens with zero attached hydrogens (tertiary/aromatic N) is 6. The van der Waals surface area contributed by atoms with E-state index in [0.717, 1.165) is 90.6 Å². The van der Waals surface area contributed by atoms with Crippen LogP contribution in [0.15, 0.2) is 73.3 Å². The van der Waals surface area contributed by atoms with Crippen molar-refractivity contribution in [2.24, 2.45) is 5.41 Å². The summed E-state index contributed by atoms with van der Waals surface area (Å²) in [5, 5.41) is 8.59.